The predicted octanol–water partition coefficient (Wildman–Crippen LogP) is 3.47. The van der Waals surface area contributed by atoms with Gasteiger partial charge in [0.25, 0.3) is 0 Å². The fourth-order valence-electron chi connectivity index (χ4n) is 5.81. The fraction of sp³-hybridized carbons (Fsp3) is 0.650. The normalized spacial score (nSPS) is 35.6. The molecule has 0 amide bonds. The molecule has 4 bridgehead atoms. The number of ether oxygens (including phenoxy) is 2. The van der Waals surface area contributed by atoms with Crippen molar-refractivity contribution in [1.82, 2.24) is 0 Å². The van der Waals surface area contributed by atoms with Gasteiger partial charge in [-0.25, -0.2) is 4.39 Å². The summed E-state index contributed by atoms with van der Waals surface area (Å²) in [6.45, 7) is 0.434. The Labute approximate surface area is 147 Å². The zero-order valence-corrected chi connectivity index (χ0v) is 14.4. The van der Waals surface area contributed by atoms with Gasteiger partial charge in [0.05, 0.1) is 12.0 Å². The van der Waals surface area contributed by atoms with Crippen LogP contribution in [-0.4, -0.2) is 29.9 Å². The number of benzene rings is 1. The second-order valence-electron chi connectivity index (χ2n) is 8.38. The molecule has 0 spiro atoms. The van der Waals surface area contributed by atoms with E-state index in [9.17, 15) is 14.3 Å². The van der Waals surface area contributed by atoms with E-state index in [0.29, 0.717) is 24.0 Å². The molecule has 0 saturated heterocycles. The van der Waals surface area contributed by atoms with Crippen molar-refractivity contribution < 1.29 is 23.8 Å². The summed E-state index contributed by atoms with van der Waals surface area (Å²) in [7, 11) is 0. The van der Waals surface area contributed by atoms with Crippen LogP contribution in [0.1, 0.15) is 44.9 Å². The molecule has 5 rings (SSSR count). The van der Waals surface area contributed by atoms with Crippen molar-refractivity contribution in [2.45, 2.75) is 50.5 Å². The zero-order valence-electron chi connectivity index (χ0n) is 14.4. The van der Waals surface area contributed by atoms with Gasteiger partial charge in [0, 0.05) is 0 Å². The van der Waals surface area contributed by atoms with E-state index in [1.807, 2.05) is 0 Å². The van der Waals surface area contributed by atoms with Gasteiger partial charge in [-0.3, -0.25) is 4.79 Å². The summed E-state index contributed by atoms with van der Waals surface area (Å²) >= 11 is 0. The molecular weight excluding hydrogens is 323 g/mol. The summed E-state index contributed by atoms with van der Waals surface area (Å²) in [5.74, 6) is 1.19. The Hall–Kier alpha value is -1.62. The topological polar surface area (TPSA) is 55.8 Å². The average Bonchev–Trinajstić information content (AvgIpc) is 2.50. The maximum Gasteiger partial charge on any atom is 0.306 e. The molecule has 1 aromatic carbocycles. The molecule has 25 heavy (non-hydrogen) atoms. The van der Waals surface area contributed by atoms with Crippen LogP contribution in [0.2, 0.25) is 0 Å². The number of carbonyl (C=O) groups excluding carboxylic acids is 1. The minimum Gasteiger partial charge on any atom is -0.490 e. The number of halogens is 1. The van der Waals surface area contributed by atoms with Crippen LogP contribution in [0.4, 0.5) is 4.39 Å². The molecule has 0 aliphatic heterocycles. The number of carbonyl (C=O) groups is 1. The Kier molecular flexibility index (Phi) is 4.22. The molecule has 5 heteroatoms. The van der Waals surface area contributed by atoms with Crippen molar-refractivity contribution >= 4 is 5.97 Å². The van der Waals surface area contributed by atoms with Crippen molar-refractivity contribution in [2.75, 3.05) is 13.2 Å². The van der Waals surface area contributed by atoms with Gasteiger partial charge in [0.2, 0.25) is 0 Å². The molecule has 0 radical (unpaired) electrons. The first kappa shape index (κ1) is 16.8. The Morgan fingerprint density at radius 1 is 1.12 bits per heavy atom. The minimum absolute atomic E-state index is 0.0618. The molecule has 4 aliphatic rings. The first-order valence-electron chi connectivity index (χ1n) is 9.20. The van der Waals surface area contributed by atoms with Gasteiger partial charge in [-0.05, 0) is 80.0 Å². The van der Waals surface area contributed by atoms with Crippen molar-refractivity contribution in [3.63, 3.8) is 0 Å². The molecule has 4 fully saturated rings. The van der Waals surface area contributed by atoms with Gasteiger partial charge in [-0.15, -0.1) is 0 Å². The maximum atomic E-state index is 12.8. The van der Waals surface area contributed by atoms with E-state index in [0.717, 1.165) is 32.1 Å². The molecule has 136 valence electrons. The van der Waals surface area contributed by atoms with Gasteiger partial charge in [-0.2, -0.15) is 0 Å². The summed E-state index contributed by atoms with van der Waals surface area (Å²) in [6.07, 6.45) is 6.27. The number of esters is 1. The lowest BCUT2D eigenvalue weighted by Gasteiger charge is -2.60. The van der Waals surface area contributed by atoms with Crippen LogP contribution in [0.5, 0.6) is 5.75 Å². The van der Waals surface area contributed by atoms with Gasteiger partial charge in [-0.1, -0.05) is 0 Å². The Morgan fingerprint density at radius 3 is 2.44 bits per heavy atom. The highest BCUT2D eigenvalue weighted by Crippen LogP contribution is 2.62. The van der Waals surface area contributed by atoms with Gasteiger partial charge in [0.1, 0.15) is 24.8 Å². The van der Waals surface area contributed by atoms with E-state index in [1.165, 1.54) is 18.6 Å². The highest BCUT2D eigenvalue weighted by atomic mass is 19.1. The van der Waals surface area contributed by atoms with Crippen LogP contribution in [0.25, 0.3) is 0 Å². The van der Waals surface area contributed by atoms with Crippen LogP contribution in [-0.2, 0) is 9.53 Å². The largest absolute Gasteiger partial charge is 0.490 e. The highest BCUT2D eigenvalue weighted by Gasteiger charge is 2.57. The molecule has 2 unspecified atom stereocenters. The van der Waals surface area contributed by atoms with Gasteiger partial charge < -0.3 is 14.6 Å². The number of rotatable bonds is 6. The van der Waals surface area contributed by atoms with Crippen molar-refractivity contribution in [3.8, 4) is 5.75 Å². The second kappa shape index (κ2) is 6.27. The number of aliphatic hydroxyl groups is 1. The summed E-state index contributed by atoms with van der Waals surface area (Å²) in [5, 5.41) is 10.7. The van der Waals surface area contributed by atoms with E-state index in [-0.39, 0.29) is 30.4 Å². The molecule has 0 aromatic heterocycles. The summed E-state index contributed by atoms with van der Waals surface area (Å²) in [5.41, 5.74) is -0.607. The molecule has 0 heterocycles. The number of hydrogen-bond acceptors (Lipinski definition) is 4. The van der Waals surface area contributed by atoms with Crippen molar-refractivity contribution in [1.29, 1.82) is 0 Å². The molecule has 4 aliphatic carbocycles. The SMILES string of the molecule is O=C(CC12C[C@@H]3C[C@@H](CC(O)(C3)C1)C2)OCCOc1ccc(F)cc1. The molecule has 4 saturated carbocycles. The first-order chi connectivity index (χ1) is 11.9. The average molecular weight is 348 g/mol. The molecular formula is C20H25FO4. The summed E-state index contributed by atoms with van der Waals surface area (Å²) < 4.78 is 23.6. The maximum absolute atomic E-state index is 12.8. The quantitative estimate of drug-likeness (QED) is 0.632. The van der Waals surface area contributed by atoms with Gasteiger partial charge in [0.15, 0.2) is 0 Å². The zero-order chi connectivity index (χ0) is 17.5. The fourth-order valence-corrected chi connectivity index (χ4v) is 5.81. The van der Waals surface area contributed by atoms with E-state index in [4.69, 9.17) is 9.47 Å². The summed E-state index contributed by atoms with van der Waals surface area (Å²) in [4.78, 5) is 12.3. The third kappa shape index (κ3) is 3.66. The van der Waals surface area contributed by atoms with E-state index in [2.05, 4.69) is 0 Å². The monoisotopic (exact) mass is 348 g/mol. The van der Waals surface area contributed by atoms with E-state index < -0.39 is 5.60 Å². The third-order valence-corrected chi connectivity index (χ3v) is 6.10. The van der Waals surface area contributed by atoms with Crippen LogP contribution in [0.15, 0.2) is 24.3 Å². The molecule has 1 N–H and O–H groups in total. The van der Waals surface area contributed by atoms with Crippen LogP contribution in [0.3, 0.4) is 0 Å². The van der Waals surface area contributed by atoms with E-state index in [1.54, 1.807) is 12.1 Å². The molecule has 4 nitrogen and oxygen atoms in total. The van der Waals surface area contributed by atoms with Crippen LogP contribution < -0.4 is 4.74 Å². The van der Waals surface area contributed by atoms with Gasteiger partial charge >= 0.3 is 5.97 Å². The minimum atomic E-state index is -0.546. The smallest absolute Gasteiger partial charge is 0.306 e. The Bertz CT molecular complexity index is 628. The molecule has 1 aromatic rings. The van der Waals surface area contributed by atoms with Crippen LogP contribution >= 0.6 is 0 Å². The van der Waals surface area contributed by atoms with Crippen LogP contribution in [0, 0.1) is 23.1 Å². The standard InChI is InChI=1S/C20H25FO4/c21-16-1-3-17(4-2-16)24-5-6-25-18(22)12-19-8-14-7-15(9-19)11-20(23,10-14)13-19/h1-4,14-15,23H,5-13H2/t14-,15+,19?,20?. The predicted molar refractivity (Wildman–Crippen MR) is 89.5 cm³/mol. The lowest BCUT2D eigenvalue weighted by molar-refractivity contribution is -0.177. The number of hydrogen-bond donors (Lipinski definition) is 1. The highest BCUT2D eigenvalue weighted by molar-refractivity contribution is 5.70. The lowest BCUT2D eigenvalue weighted by Crippen LogP contribution is -2.56. The Balaban J connectivity index is 1.25. The lowest BCUT2D eigenvalue weighted by atomic mass is 9.47. The van der Waals surface area contributed by atoms with E-state index >= 15 is 0 Å². The summed E-state index contributed by atoms with van der Waals surface area (Å²) in [6, 6.07) is 5.76. The first-order valence-corrected chi connectivity index (χ1v) is 9.20. The van der Waals surface area contributed by atoms with Crippen molar-refractivity contribution in [3.05, 3.63) is 30.1 Å². The Morgan fingerprint density at radius 2 is 1.80 bits per heavy atom. The third-order valence-electron chi connectivity index (χ3n) is 6.10. The molecule has 4 atom stereocenters. The van der Waals surface area contributed by atoms with Crippen molar-refractivity contribution in [2.24, 2.45) is 17.3 Å². The second-order valence-corrected chi connectivity index (χ2v) is 8.38.